The molecule has 0 aliphatic carbocycles. The molecule has 1 aliphatic rings. The molecule has 3 heterocycles. The summed E-state index contributed by atoms with van der Waals surface area (Å²) in [5, 5.41) is 8.69. The van der Waals surface area contributed by atoms with Crippen molar-refractivity contribution in [1.29, 1.82) is 0 Å². The molecule has 8 heteroatoms. The number of thiophene rings is 1. The van der Waals surface area contributed by atoms with Crippen LogP contribution in [0.15, 0.2) is 26.7 Å². The first-order valence-corrected chi connectivity index (χ1v) is 7.56. The second-order valence-electron chi connectivity index (χ2n) is 4.84. The lowest BCUT2D eigenvalue weighted by Crippen LogP contribution is -2.34. The van der Waals surface area contributed by atoms with Crippen LogP contribution < -0.4 is 11.1 Å². The largest absolute Gasteiger partial charge is 0.437 e. The zero-order chi connectivity index (χ0) is 14.7. The van der Waals surface area contributed by atoms with Gasteiger partial charge in [0.2, 0.25) is 5.91 Å². The van der Waals surface area contributed by atoms with Crippen LogP contribution in [0.5, 0.6) is 0 Å². The smallest absolute Gasteiger partial charge is 0.387 e. The minimum atomic E-state index is -0.627. The third-order valence-electron chi connectivity index (χ3n) is 3.24. The molecule has 1 atom stereocenters. The molecule has 1 saturated heterocycles. The summed E-state index contributed by atoms with van der Waals surface area (Å²) in [4.78, 5) is 24.3. The zero-order valence-corrected chi connectivity index (χ0v) is 12.1. The minimum absolute atomic E-state index is 0.138. The SMILES string of the molecule is O=C(Cn1nc(-c2cccs2)oc1=O)NC[C@@H]1CCOC1. The monoisotopic (exact) mass is 309 g/mol. The Morgan fingerprint density at radius 3 is 3.19 bits per heavy atom. The van der Waals surface area contributed by atoms with Crippen LogP contribution in [0.25, 0.3) is 10.8 Å². The van der Waals surface area contributed by atoms with Crippen LogP contribution in [0.1, 0.15) is 6.42 Å². The summed E-state index contributed by atoms with van der Waals surface area (Å²) in [5.74, 6) is -0.288. The van der Waals surface area contributed by atoms with E-state index in [0.29, 0.717) is 19.1 Å². The van der Waals surface area contributed by atoms with Crippen LogP contribution in [0, 0.1) is 5.92 Å². The molecule has 0 aromatic carbocycles. The van der Waals surface area contributed by atoms with Gasteiger partial charge in [0.25, 0.3) is 5.89 Å². The van der Waals surface area contributed by atoms with Gasteiger partial charge in [-0.25, -0.2) is 4.79 Å². The highest BCUT2D eigenvalue weighted by atomic mass is 32.1. The first kappa shape index (κ1) is 14.0. The number of hydrogen-bond acceptors (Lipinski definition) is 6. The van der Waals surface area contributed by atoms with Gasteiger partial charge >= 0.3 is 5.76 Å². The molecular weight excluding hydrogens is 294 g/mol. The lowest BCUT2D eigenvalue weighted by molar-refractivity contribution is -0.122. The van der Waals surface area contributed by atoms with E-state index >= 15 is 0 Å². The Bertz CT molecular complexity index is 655. The summed E-state index contributed by atoms with van der Waals surface area (Å²) < 4.78 is 11.3. The Hall–Kier alpha value is -1.93. The molecule has 1 aliphatic heterocycles. The van der Waals surface area contributed by atoms with E-state index in [0.717, 1.165) is 22.6 Å². The molecule has 1 N–H and O–H groups in total. The van der Waals surface area contributed by atoms with Crippen LogP contribution in [0.2, 0.25) is 0 Å². The molecule has 2 aromatic rings. The highest BCUT2D eigenvalue weighted by molar-refractivity contribution is 7.13. The number of ether oxygens (including phenoxy) is 1. The van der Waals surface area contributed by atoms with E-state index in [1.807, 2.05) is 11.4 Å². The number of aromatic nitrogens is 2. The van der Waals surface area contributed by atoms with Crippen molar-refractivity contribution in [3.05, 3.63) is 28.1 Å². The topological polar surface area (TPSA) is 86.4 Å². The van der Waals surface area contributed by atoms with Crippen molar-refractivity contribution >= 4 is 17.2 Å². The minimum Gasteiger partial charge on any atom is -0.387 e. The summed E-state index contributed by atoms with van der Waals surface area (Å²) in [6.45, 7) is 1.84. The predicted octanol–water partition coefficient (Wildman–Crippen LogP) is 0.717. The van der Waals surface area contributed by atoms with Crippen molar-refractivity contribution < 1.29 is 13.9 Å². The fourth-order valence-corrected chi connectivity index (χ4v) is 2.74. The number of hydrogen-bond donors (Lipinski definition) is 1. The van der Waals surface area contributed by atoms with Crippen molar-refractivity contribution in [2.24, 2.45) is 5.92 Å². The van der Waals surface area contributed by atoms with Crippen LogP contribution in [0.4, 0.5) is 0 Å². The lowest BCUT2D eigenvalue weighted by atomic mass is 10.1. The number of rotatable bonds is 5. The molecular formula is C13H15N3O4S. The summed E-state index contributed by atoms with van der Waals surface area (Å²) in [5.41, 5.74) is 0. The molecule has 112 valence electrons. The molecule has 1 fully saturated rings. The predicted molar refractivity (Wildman–Crippen MR) is 76.0 cm³/mol. The first-order chi connectivity index (χ1) is 10.2. The van der Waals surface area contributed by atoms with Crippen LogP contribution in [-0.4, -0.2) is 35.4 Å². The Kier molecular flexibility index (Phi) is 4.16. The maximum Gasteiger partial charge on any atom is 0.437 e. The van der Waals surface area contributed by atoms with E-state index in [1.165, 1.54) is 11.3 Å². The fraction of sp³-hybridized carbons (Fsp3) is 0.462. The normalized spacial score (nSPS) is 18.0. The van der Waals surface area contributed by atoms with Gasteiger partial charge in [-0.15, -0.1) is 16.4 Å². The summed E-state index contributed by atoms with van der Waals surface area (Å²) in [6.07, 6.45) is 0.951. The Morgan fingerprint density at radius 2 is 2.48 bits per heavy atom. The third-order valence-corrected chi connectivity index (χ3v) is 4.10. The Balaban J connectivity index is 1.59. The summed E-state index contributed by atoms with van der Waals surface area (Å²) in [7, 11) is 0. The van der Waals surface area contributed by atoms with Crippen molar-refractivity contribution in [2.45, 2.75) is 13.0 Å². The molecule has 0 unspecified atom stereocenters. The van der Waals surface area contributed by atoms with E-state index in [2.05, 4.69) is 10.4 Å². The maximum atomic E-state index is 11.8. The molecule has 0 saturated carbocycles. The summed E-state index contributed by atoms with van der Waals surface area (Å²) in [6, 6.07) is 3.65. The number of amides is 1. The summed E-state index contributed by atoms with van der Waals surface area (Å²) >= 11 is 1.42. The number of carbonyl (C=O) groups is 1. The average molecular weight is 309 g/mol. The molecule has 1 amide bonds. The van der Waals surface area contributed by atoms with Gasteiger partial charge in [-0.2, -0.15) is 4.68 Å². The molecule has 0 spiro atoms. The first-order valence-electron chi connectivity index (χ1n) is 6.68. The molecule has 7 nitrogen and oxygen atoms in total. The average Bonchev–Trinajstić information content (AvgIpc) is 3.18. The van der Waals surface area contributed by atoms with Gasteiger partial charge in [0.1, 0.15) is 6.54 Å². The van der Waals surface area contributed by atoms with Gasteiger partial charge in [0.05, 0.1) is 11.5 Å². The van der Waals surface area contributed by atoms with Crippen LogP contribution >= 0.6 is 11.3 Å². The highest BCUT2D eigenvalue weighted by Gasteiger charge is 2.18. The number of nitrogens with zero attached hydrogens (tertiary/aromatic N) is 2. The zero-order valence-electron chi connectivity index (χ0n) is 11.3. The van der Waals surface area contributed by atoms with Gasteiger partial charge in [-0.1, -0.05) is 6.07 Å². The van der Waals surface area contributed by atoms with Crippen LogP contribution in [0.3, 0.4) is 0 Å². The van der Waals surface area contributed by atoms with Crippen molar-refractivity contribution in [1.82, 2.24) is 15.1 Å². The Morgan fingerprint density at radius 1 is 1.57 bits per heavy atom. The van der Waals surface area contributed by atoms with Gasteiger partial charge in [-0.05, 0) is 17.9 Å². The molecule has 0 bridgehead atoms. The lowest BCUT2D eigenvalue weighted by Gasteiger charge is -2.08. The van der Waals surface area contributed by atoms with Crippen molar-refractivity contribution in [3.63, 3.8) is 0 Å². The second-order valence-corrected chi connectivity index (χ2v) is 5.79. The second kappa shape index (κ2) is 6.23. The van der Waals surface area contributed by atoms with Crippen LogP contribution in [-0.2, 0) is 16.1 Å². The van der Waals surface area contributed by atoms with E-state index in [4.69, 9.17) is 9.15 Å². The molecule has 0 radical (unpaired) electrons. The fourth-order valence-electron chi connectivity index (χ4n) is 2.10. The number of nitrogens with one attached hydrogen (secondary N) is 1. The van der Waals surface area contributed by atoms with E-state index in [9.17, 15) is 9.59 Å². The quantitative estimate of drug-likeness (QED) is 0.879. The van der Waals surface area contributed by atoms with Gasteiger partial charge in [0.15, 0.2) is 0 Å². The maximum absolute atomic E-state index is 11.8. The van der Waals surface area contributed by atoms with Gasteiger partial charge in [-0.3, -0.25) is 4.79 Å². The van der Waals surface area contributed by atoms with E-state index in [-0.39, 0.29) is 18.3 Å². The number of carbonyl (C=O) groups excluding carboxylic acids is 1. The van der Waals surface area contributed by atoms with Crippen molar-refractivity contribution in [3.8, 4) is 10.8 Å². The molecule has 3 rings (SSSR count). The molecule has 21 heavy (non-hydrogen) atoms. The molecule has 2 aromatic heterocycles. The third kappa shape index (κ3) is 3.40. The van der Waals surface area contributed by atoms with E-state index in [1.54, 1.807) is 6.07 Å². The van der Waals surface area contributed by atoms with E-state index < -0.39 is 5.76 Å². The Labute approximate surface area is 124 Å². The highest BCUT2D eigenvalue weighted by Crippen LogP contribution is 2.20. The van der Waals surface area contributed by atoms with Gasteiger partial charge < -0.3 is 14.5 Å². The standard InChI is InChI=1S/C13H15N3O4S/c17-11(14-6-9-3-4-19-8-9)7-16-13(18)20-12(15-16)10-2-1-5-21-10/h1-2,5,9H,3-4,6-8H2,(H,14,17)/t9-/m0/s1. The van der Waals surface area contributed by atoms with Crippen molar-refractivity contribution in [2.75, 3.05) is 19.8 Å². The van der Waals surface area contributed by atoms with Gasteiger partial charge in [0, 0.05) is 19.1 Å².